The van der Waals surface area contributed by atoms with Gasteiger partial charge in [0.2, 0.25) is 0 Å². The van der Waals surface area contributed by atoms with Crippen molar-refractivity contribution in [3.05, 3.63) is 64.2 Å². The van der Waals surface area contributed by atoms with Gasteiger partial charge in [-0.1, -0.05) is 19.9 Å². The van der Waals surface area contributed by atoms with Crippen molar-refractivity contribution >= 4 is 33.3 Å². The van der Waals surface area contributed by atoms with Crippen LogP contribution in [-0.4, -0.2) is 26.7 Å². The van der Waals surface area contributed by atoms with Gasteiger partial charge in [0.15, 0.2) is 0 Å². The van der Waals surface area contributed by atoms with Crippen molar-refractivity contribution in [1.82, 2.24) is 0 Å². The van der Waals surface area contributed by atoms with Crippen molar-refractivity contribution in [2.45, 2.75) is 31.6 Å². The molecule has 5 rings (SSSR count). The average molecular weight is 471 g/mol. The lowest BCUT2D eigenvalue weighted by molar-refractivity contribution is -0.384. The summed E-state index contributed by atoms with van der Waals surface area (Å²) in [6, 6.07) is 9.97. The van der Waals surface area contributed by atoms with Crippen LogP contribution in [0.1, 0.15) is 26.7 Å². The predicted octanol–water partition coefficient (Wildman–Crippen LogP) is 4.79. The van der Waals surface area contributed by atoms with Gasteiger partial charge < -0.3 is 4.74 Å². The van der Waals surface area contributed by atoms with E-state index in [-0.39, 0.29) is 21.7 Å². The van der Waals surface area contributed by atoms with Gasteiger partial charge in [0.25, 0.3) is 15.7 Å². The number of nitro benzene ring substituents is 1. The summed E-state index contributed by atoms with van der Waals surface area (Å²) in [5.41, 5.74) is 4.12. The SMILES string of the molecule is COc1ccc(NS(=O)(=O)c2ccc(N/N=C/C3=CCC4CC3C4(C)C)c([N+](=O)[O-])c2)cc1. The van der Waals surface area contributed by atoms with Crippen LogP contribution in [0.5, 0.6) is 5.75 Å². The summed E-state index contributed by atoms with van der Waals surface area (Å²) >= 11 is 0. The highest BCUT2D eigenvalue weighted by molar-refractivity contribution is 7.92. The molecule has 33 heavy (non-hydrogen) atoms. The predicted molar refractivity (Wildman–Crippen MR) is 127 cm³/mol. The molecule has 3 aliphatic carbocycles. The van der Waals surface area contributed by atoms with Gasteiger partial charge in [0.1, 0.15) is 11.4 Å². The first-order valence-corrected chi connectivity index (χ1v) is 12.0. The van der Waals surface area contributed by atoms with Crippen molar-refractivity contribution in [3.8, 4) is 5.75 Å². The minimum absolute atomic E-state index is 0.113. The average Bonchev–Trinajstić information content (AvgIpc) is 2.79. The highest BCUT2D eigenvalue weighted by Crippen LogP contribution is 2.58. The quantitative estimate of drug-likeness (QED) is 0.325. The lowest BCUT2D eigenvalue weighted by Crippen LogP contribution is -2.48. The summed E-state index contributed by atoms with van der Waals surface area (Å²) in [5, 5.41) is 15.8. The summed E-state index contributed by atoms with van der Waals surface area (Å²) in [5.74, 6) is 1.72. The minimum Gasteiger partial charge on any atom is -0.497 e. The normalized spacial score (nSPS) is 21.1. The summed E-state index contributed by atoms with van der Waals surface area (Å²) in [4.78, 5) is 10.8. The molecule has 2 atom stereocenters. The lowest BCUT2D eigenvalue weighted by Gasteiger charge is -2.55. The van der Waals surface area contributed by atoms with Crippen molar-refractivity contribution in [3.63, 3.8) is 0 Å². The number of rotatable bonds is 8. The highest BCUT2D eigenvalue weighted by atomic mass is 32.2. The fourth-order valence-corrected chi connectivity index (χ4v) is 5.60. The van der Waals surface area contributed by atoms with Crippen LogP contribution >= 0.6 is 0 Å². The molecule has 2 bridgehead atoms. The summed E-state index contributed by atoms with van der Waals surface area (Å²) in [6.07, 6.45) is 6.03. The smallest absolute Gasteiger partial charge is 0.295 e. The molecule has 2 aromatic carbocycles. The lowest BCUT2D eigenvalue weighted by atomic mass is 9.49. The molecule has 1 fully saturated rings. The Morgan fingerprint density at radius 3 is 2.55 bits per heavy atom. The maximum Gasteiger partial charge on any atom is 0.295 e. The van der Waals surface area contributed by atoms with E-state index in [1.807, 2.05) is 0 Å². The Balaban J connectivity index is 1.51. The molecule has 10 heteroatoms. The number of hydrogen-bond acceptors (Lipinski definition) is 7. The molecule has 2 aromatic rings. The first-order chi connectivity index (χ1) is 15.6. The van der Waals surface area contributed by atoms with E-state index < -0.39 is 14.9 Å². The number of nitrogens with one attached hydrogen (secondary N) is 2. The van der Waals surface area contributed by atoms with Crippen molar-refractivity contribution in [2.75, 3.05) is 17.3 Å². The van der Waals surface area contributed by atoms with Crippen molar-refractivity contribution < 1.29 is 18.1 Å². The first-order valence-electron chi connectivity index (χ1n) is 10.6. The molecule has 0 saturated heterocycles. The number of ether oxygens (including phenoxy) is 1. The Hall–Kier alpha value is -3.40. The molecular formula is C23H26N4O5S. The Labute approximate surface area is 192 Å². The standard InChI is InChI=1S/C23H26N4O5S/c1-23(2)16-5-4-15(20(23)12-16)14-24-25-21-11-10-19(13-22(21)27(28)29)33(30,31)26-17-6-8-18(32-3)9-7-17/h4,6-11,13-14,16,20,25-26H,5,12H2,1-3H3/b24-14+. The second-order valence-corrected chi connectivity index (χ2v) is 10.6. The molecular weight excluding hydrogens is 444 g/mol. The van der Waals surface area contributed by atoms with E-state index >= 15 is 0 Å². The van der Waals surface area contributed by atoms with Gasteiger partial charge >= 0.3 is 0 Å². The maximum atomic E-state index is 12.7. The largest absolute Gasteiger partial charge is 0.497 e. The second kappa shape index (κ2) is 8.51. The van der Waals surface area contributed by atoms with Gasteiger partial charge in [0, 0.05) is 11.8 Å². The second-order valence-electron chi connectivity index (χ2n) is 8.89. The Kier molecular flexibility index (Phi) is 5.87. The zero-order valence-corrected chi connectivity index (χ0v) is 19.4. The van der Waals surface area contributed by atoms with E-state index in [4.69, 9.17) is 4.74 Å². The fourth-order valence-electron chi connectivity index (χ4n) is 4.52. The molecule has 2 unspecified atom stereocenters. The topological polar surface area (TPSA) is 123 Å². The number of methoxy groups -OCH3 is 1. The number of allylic oxidation sites excluding steroid dienone is 2. The third-order valence-electron chi connectivity index (χ3n) is 6.73. The van der Waals surface area contributed by atoms with E-state index in [1.54, 1.807) is 30.5 Å². The first kappa shape index (κ1) is 22.8. The monoisotopic (exact) mass is 470 g/mol. The van der Waals surface area contributed by atoms with Gasteiger partial charge in [-0.3, -0.25) is 20.3 Å². The number of nitro groups is 1. The zero-order valence-electron chi connectivity index (χ0n) is 18.6. The minimum atomic E-state index is -4.03. The molecule has 3 aliphatic rings. The van der Waals surface area contributed by atoms with Crippen LogP contribution < -0.4 is 14.9 Å². The number of nitrogens with zero attached hydrogens (tertiary/aromatic N) is 2. The van der Waals surface area contributed by atoms with Gasteiger partial charge in [0.05, 0.1) is 23.1 Å². The maximum absolute atomic E-state index is 12.7. The van der Waals surface area contributed by atoms with Gasteiger partial charge in [-0.15, -0.1) is 0 Å². The third-order valence-corrected chi connectivity index (χ3v) is 8.11. The Morgan fingerprint density at radius 1 is 1.21 bits per heavy atom. The Bertz CT molecular complexity index is 1240. The number of fused-ring (bicyclic) bond motifs is 1. The van der Waals surface area contributed by atoms with Crippen LogP contribution in [0.3, 0.4) is 0 Å². The number of hydrazone groups is 1. The molecule has 0 heterocycles. The van der Waals surface area contributed by atoms with E-state index in [9.17, 15) is 18.5 Å². The third kappa shape index (κ3) is 4.43. The van der Waals surface area contributed by atoms with Crippen LogP contribution in [0, 0.1) is 27.4 Å². The molecule has 174 valence electrons. The molecule has 2 N–H and O–H groups in total. The molecule has 9 nitrogen and oxygen atoms in total. The van der Waals surface area contributed by atoms with E-state index in [0.29, 0.717) is 23.3 Å². The summed E-state index contributed by atoms with van der Waals surface area (Å²) in [7, 11) is -2.52. The molecule has 0 amide bonds. The molecule has 0 spiro atoms. The number of anilines is 2. The molecule has 0 aromatic heterocycles. The van der Waals surface area contributed by atoms with Gasteiger partial charge in [-0.25, -0.2) is 8.42 Å². The van der Waals surface area contributed by atoms with Crippen molar-refractivity contribution in [1.29, 1.82) is 0 Å². The molecule has 1 saturated carbocycles. The van der Waals surface area contributed by atoms with Gasteiger partial charge in [-0.2, -0.15) is 5.10 Å². The number of benzene rings is 2. The molecule has 0 radical (unpaired) electrons. The van der Waals surface area contributed by atoms with E-state index in [2.05, 4.69) is 35.2 Å². The Morgan fingerprint density at radius 2 is 1.94 bits per heavy atom. The van der Waals surface area contributed by atoms with Crippen LogP contribution in [0.25, 0.3) is 0 Å². The zero-order chi connectivity index (χ0) is 23.8. The summed E-state index contributed by atoms with van der Waals surface area (Å²) in [6.45, 7) is 4.51. The van der Waals surface area contributed by atoms with Crippen molar-refractivity contribution in [2.24, 2.45) is 22.4 Å². The van der Waals surface area contributed by atoms with Crippen LogP contribution in [0.4, 0.5) is 17.1 Å². The van der Waals surface area contributed by atoms with Gasteiger partial charge in [-0.05, 0) is 72.1 Å². The number of hydrogen-bond donors (Lipinski definition) is 2. The van der Waals surface area contributed by atoms with E-state index in [0.717, 1.165) is 24.5 Å². The van der Waals surface area contributed by atoms with Crippen LogP contribution in [0.2, 0.25) is 0 Å². The van der Waals surface area contributed by atoms with Crippen LogP contribution in [-0.2, 0) is 10.0 Å². The summed E-state index contributed by atoms with van der Waals surface area (Å²) < 4.78 is 32.9. The number of sulfonamides is 1. The highest BCUT2D eigenvalue weighted by Gasteiger charge is 2.50. The fraction of sp³-hybridized carbons (Fsp3) is 0.348. The van der Waals surface area contributed by atoms with E-state index in [1.165, 1.54) is 19.2 Å². The van der Waals surface area contributed by atoms with Crippen LogP contribution in [0.15, 0.2) is 64.1 Å². The molecule has 0 aliphatic heterocycles.